The fraction of sp³-hybridized carbons (Fsp3) is 0.333. The second-order valence-corrected chi connectivity index (χ2v) is 9.24. The Morgan fingerprint density at radius 3 is 1.97 bits per heavy atom. The number of carbonyl (C=O) groups excluding carboxylic acids is 2. The molecule has 0 saturated carbocycles. The van der Waals surface area contributed by atoms with Crippen LogP contribution >= 0.6 is 0 Å². The number of allylic oxidation sites excluding steroid dienone is 1. The molecule has 3 aromatic rings. The number of unbranched alkanes of at least 4 members (excludes halogenated alkanes) is 5. The van der Waals surface area contributed by atoms with E-state index in [1.165, 1.54) is 31.2 Å². The monoisotopic (exact) mass is 498 g/mol. The summed E-state index contributed by atoms with van der Waals surface area (Å²) in [4.78, 5) is 25.0. The lowest BCUT2D eigenvalue weighted by Gasteiger charge is -2.07. The number of benzene rings is 3. The van der Waals surface area contributed by atoms with Gasteiger partial charge in [0.05, 0.1) is 12.2 Å². The van der Waals surface area contributed by atoms with Crippen LogP contribution in [0.1, 0.15) is 90.6 Å². The maximum atomic E-state index is 12.5. The van der Waals surface area contributed by atoms with Crippen LogP contribution in [0.4, 0.5) is 0 Å². The van der Waals surface area contributed by atoms with Crippen molar-refractivity contribution in [2.24, 2.45) is 0 Å². The van der Waals surface area contributed by atoms with Crippen LogP contribution in [0.5, 0.6) is 11.5 Å². The van der Waals surface area contributed by atoms with Gasteiger partial charge in [-0.3, -0.25) is 4.79 Å². The Labute approximate surface area is 221 Å². The van der Waals surface area contributed by atoms with E-state index in [-0.39, 0.29) is 5.78 Å². The summed E-state index contributed by atoms with van der Waals surface area (Å²) in [7, 11) is 0. The molecule has 0 unspecified atom stereocenters. The third-order valence-electron chi connectivity index (χ3n) is 6.18. The van der Waals surface area contributed by atoms with Gasteiger partial charge in [0.15, 0.2) is 5.78 Å². The van der Waals surface area contributed by atoms with Gasteiger partial charge < -0.3 is 9.47 Å². The zero-order chi connectivity index (χ0) is 26.3. The van der Waals surface area contributed by atoms with E-state index in [4.69, 9.17) is 9.47 Å². The molecule has 0 amide bonds. The zero-order valence-corrected chi connectivity index (χ0v) is 22.1. The second kappa shape index (κ2) is 15.5. The maximum Gasteiger partial charge on any atom is 0.343 e. The molecule has 0 bridgehead atoms. The molecule has 0 aliphatic rings. The molecule has 0 heterocycles. The van der Waals surface area contributed by atoms with Gasteiger partial charge in [-0.2, -0.15) is 0 Å². The van der Waals surface area contributed by atoms with Crippen LogP contribution in [0.25, 0.3) is 6.08 Å². The van der Waals surface area contributed by atoms with Crippen molar-refractivity contribution >= 4 is 17.8 Å². The lowest BCUT2D eigenvalue weighted by atomic mass is 10.0. The van der Waals surface area contributed by atoms with Gasteiger partial charge in [-0.25, -0.2) is 4.79 Å². The van der Waals surface area contributed by atoms with Gasteiger partial charge in [0.1, 0.15) is 11.5 Å². The number of hydrogen-bond donors (Lipinski definition) is 0. The summed E-state index contributed by atoms with van der Waals surface area (Å²) in [5, 5.41) is 0. The molecule has 3 rings (SSSR count). The van der Waals surface area contributed by atoms with Gasteiger partial charge in [-0.05, 0) is 72.9 Å². The highest BCUT2D eigenvalue weighted by Crippen LogP contribution is 2.18. The topological polar surface area (TPSA) is 52.6 Å². The molecule has 0 saturated heterocycles. The van der Waals surface area contributed by atoms with Crippen molar-refractivity contribution in [3.8, 4) is 11.5 Å². The summed E-state index contributed by atoms with van der Waals surface area (Å²) in [6.45, 7) is 5.04. The molecule has 0 aromatic heterocycles. The summed E-state index contributed by atoms with van der Waals surface area (Å²) in [6.07, 6.45) is 12.7. The van der Waals surface area contributed by atoms with Crippen LogP contribution in [0.15, 0.2) is 78.9 Å². The summed E-state index contributed by atoms with van der Waals surface area (Å²) in [6, 6.07) is 22.0. The van der Waals surface area contributed by atoms with Crippen LogP contribution in [0, 0.1) is 0 Å². The largest absolute Gasteiger partial charge is 0.494 e. The molecule has 37 heavy (non-hydrogen) atoms. The first-order chi connectivity index (χ1) is 18.1. The normalized spacial score (nSPS) is 11.0. The molecular weight excluding hydrogens is 460 g/mol. The van der Waals surface area contributed by atoms with Gasteiger partial charge >= 0.3 is 5.97 Å². The van der Waals surface area contributed by atoms with E-state index in [0.29, 0.717) is 23.5 Å². The zero-order valence-electron chi connectivity index (χ0n) is 22.1. The number of hydrogen-bond acceptors (Lipinski definition) is 4. The average Bonchev–Trinajstić information content (AvgIpc) is 2.93. The minimum atomic E-state index is -0.426. The maximum absolute atomic E-state index is 12.5. The summed E-state index contributed by atoms with van der Waals surface area (Å²) >= 11 is 0. The number of carbonyl (C=O) groups is 2. The van der Waals surface area contributed by atoms with Crippen molar-refractivity contribution in [3.05, 3.63) is 101 Å². The van der Waals surface area contributed by atoms with E-state index in [0.717, 1.165) is 37.0 Å². The Bertz CT molecular complexity index is 1130. The van der Waals surface area contributed by atoms with Crippen LogP contribution in [-0.4, -0.2) is 18.4 Å². The molecule has 0 spiro atoms. The molecule has 194 valence electrons. The molecule has 0 aliphatic heterocycles. The first kappa shape index (κ1) is 27.9. The number of ketones is 1. The molecule has 0 radical (unpaired) electrons. The molecule has 0 aliphatic carbocycles. The summed E-state index contributed by atoms with van der Waals surface area (Å²) in [5.41, 5.74) is 3.26. The first-order valence-corrected chi connectivity index (χ1v) is 13.5. The van der Waals surface area contributed by atoms with Gasteiger partial charge in [0.2, 0.25) is 0 Å². The van der Waals surface area contributed by atoms with Gasteiger partial charge in [0.25, 0.3) is 0 Å². The minimum Gasteiger partial charge on any atom is -0.494 e. The molecule has 4 nitrogen and oxygen atoms in total. The van der Waals surface area contributed by atoms with Crippen molar-refractivity contribution in [1.29, 1.82) is 0 Å². The van der Waals surface area contributed by atoms with Gasteiger partial charge in [-0.15, -0.1) is 0 Å². The number of esters is 1. The van der Waals surface area contributed by atoms with Crippen molar-refractivity contribution < 1.29 is 19.1 Å². The summed E-state index contributed by atoms with van der Waals surface area (Å²) in [5.74, 6) is 0.732. The lowest BCUT2D eigenvalue weighted by Crippen LogP contribution is -2.08. The Balaban J connectivity index is 1.47. The van der Waals surface area contributed by atoms with Crippen LogP contribution in [0.3, 0.4) is 0 Å². The van der Waals surface area contributed by atoms with Gasteiger partial charge in [0, 0.05) is 5.56 Å². The van der Waals surface area contributed by atoms with E-state index in [1.807, 2.05) is 36.4 Å². The predicted octanol–water partition coefficient (Wildman–Crippen LogP) is 8.49. The Morgan fingerprint density at radius 1 is 0.676 bits per heavy atom. The third-order valence-corrected chi connectivity index (χ3v) is 6.18. The third kappa shape index (κ3) is 9.72. The smallest absolute Gasteiger partial charge is 0.343 e. The van der Waals surface area contributed by atoms with Crippen LogP contribution in [0.2, 0.25) is 0 Å². The molecular formula is C33H38O4. The van der Waals surface area contributed by atoms with E-state index < -0.39 is 5.97 Å². The SMILES string of the molecule is CCCCCCc1ccc(C(=O)/C=C/c2ccc(OC(=O)c3ccc(OCCCCC)cc3)cc2)cc1. The first-order valence-electron chi connectivity index (χ1n) is 13.5. The van der Waals surface area contributed by atoms with Crippen molar-refractivity contribution in [1.82, 2.24) is 0 Å². The second-order valence-electron chi connectivity index (χ2n) is 9.24. The minimum absolute atomic E-state index is 0.0363. The standard InChI is InChI=1S/C33H38O4/c1-3-5-7-8-10-26-11-16-28(17-12-26)32(34)24-15-27-13-20-31(21-14-27)37-33(35)29-18-22-30(23-19-29)36-25-9-6-4-2/h11-24H,3-10,25H2,1-2H3/b24-15+. The molecule has 0 fully saturated rings. The van der Waals surface area contributed by atoms with Crippen molar-refractivity contribution in [2.75, 3.05) is 6.61 Å². The average molecular weight is 499 g/mol. The molecule has 4 heteroatoms. The Morgan fingerprint density at radius 2 is 1.30 bits per heavy atom. The van der Waals surface area contributed by atoms with E-state index in [9.17, 15) is 9.59 Å². The predicted molar refractivity (Wildman–Crippen MR) is 151 cm³/mol. The van der Waals surface area contributed by atoms with E-state index >= 15 is 0 Å². The fourth-order valence-corrected chi connectivity index (χ4v) is 3.90. The molecule has 0 atom stereocenters. The van der Waals surface area contributed by atoms with Crippen LogP contribution < -0.4 is 9.47 Å². The Kier molecular flexibility index (Phi) is 11.7. The number of ether oxygens (including phenoxy) is 2. The quantitative estimate of drug-likeness (QED) is 0.0693. The fourth-order valence-electron chi connectivity index (χ4n) is 3.90. The molecule has 0 N–H and O–H groups in total. The van der Waals surface area contributed by atoms with E-state index in [1.54, 1.807) is 48.6 Å². The van der Waals surface area contributed by atoms with Crippen molar-refractivity contribution in [2.45, 2.75) is 65.2 Å². The number of rotatable bonds is 15. The lowest BCUT2D eigenvalue weighted by molar-refractivity contribution is 0.0734. The highest BCUT2D eigenvalue weighted by atomic mass is 16.5. The summed E-state index contributed by atoms with van der Waals surface area (Å²) < 4.78 is 11.2. The van der Waals surface area contributed by atoms with E-state index in [2.05, 4.69) is 13.8 Å². The van der Waals surface area contributed by atoms with Crippen LogP contribution in [-0.2, 0) is 6.42 Å². The highest BCUT2D eigenvalue weighted by molar-refractivity contribution is 6.06. The van der Waals surface area contributed by atoms with Gasteiger partial charge in [-0.1, -0.05) is 88.4 Å². The molecule has 3 aromatic carbocycles. The highest BCUT2D eigenvalue weighted by Gasteiger charge is 2.09. The number of aryl methyl sites for hydroxylation is 1. The Hall–Kier alpha value is -3.66. The van der Waals surface area contributed by atoms with Crippen molar-refractivity contribution in [3.63, 3.8) is 0 Å².